The summed E-state index contributed by atoms with van der Waals surface area (Å²) in [6.07, 6.45) is 3.44. The number of aromatic nitrogens is 1. The normalized spacial score (nSPS) is 10.4. The first kappa shape index (κ1) is 11.7. The number of hydrogen-bond donors (Lipinski definition) is 1. The van der Waals surface area contributed by atoms with E-state index in [-0.39, 0.29) is 5.76 Å². The van der Waals surface area contributed by atoms with Crippen LogP contribution in [0.3, 0.4) is 0 Å². The summed E-state index contributed by atoms with van der Waals surface area (Å²) in [5.74, 6) is 0.276. The van der Waals surface area contributed by atoms with Gasteiger partial charge < -0.3 is 9.52 Å². The molecule has 0 aromatic carbocycles. The SMILES string of the molecule is Cc1cc(CSc2ccncc2)oc1C(=O)O. The van der Waals surface area contributed by atoms with Crippen molar-refractivity contribution in [2.75, 3.05) is 0 Å². The second kappa shape index (κ2) is 5.05. The molecule has 0 fully saturated rings. The van der Waals surface area contributed by atoms with Crippen LogP contribution >= 0.6 is 11.8 Å². The number of rotatable bonds is 4. The summed E-state index contributed by atoms with van der Waals surface area (Å²) in [7, 11) is 0. The van der Waals surface area contributed by atoms with Gasteiger partial charge in [0.15, 0.2) is 0 Å². The molecule has 2 rings (SSSR count). The molecule has 1 N–H and O–H groups in total. The molecule has 0 radical (unpaired) electrons. The van der Waals surface area contributed by atoms with Gasteiger partial charge in [-0.2, -0.15) is 0 Å². The van der Waals surface area contributed by atoms with Gasteiger partial charge in [-0.1, -0.05) is 0 Å². The van der Waals surface area contributed by atoms with Gasteiger partial charge in [0.1, 0.15) is 5.76 Å². The quantitative estimate of drug-likeness (QED) is 0.844. The van der Waals surface area contributed by atoms with Crippen LogP contribution in [-0.2, 0) is 5.75 Å². The Kier molecular flexibility index (Phi) is 3.49. The summed E-state index contributed by atoms with van der Waals surface area (Å²) in [6.45, 7) is 1.73. The highest BCUT2D eigenvalue weighted by molar-refractivity contribution is 7.98. The molecule has 2 heterocycles. The Morgan fingerprint density at radius 1 is 1.47 bits per heavy atom. The molecule has 0 aliphatic carbocycles. The fourth-order valence-corrected chi connectivity index (χ4v) is 2.19. The molecular formula is C12H11NO3S. The molecule has 0 bridgehead atoms. The summed E-state index contributed by atoms with van der Waals surface area (Å²) in [6, 6.07) is 5.56. The third-order valence-electron chi connectivity index (χ3n) is 2.19. The van der Waals surface area contributed by atoms with Gasteiger partial charge >= 0.3 is 5.97 Å². The smallest absolute Gasteiger partial charge is 0.372 e. The van der Waals surface area contributed by atoms with Gasteiger partial charge in [-0.3, -0.25) is 4.98 Å². The lowest BCUT2D eigenvalue weighted by molar-refractivity contribution is 0.0659. The summed E-state index contributed by atoms with van der Waals surface area (Å²) in [4.78, 5) is 15.8. The standard InChI is InChI=1S/C12H11NO3S/c1-8-6-9(16-11(8)12(14)15)7-17-10-2-4-13-5-3-10/h2-6H,7H2,1H3,(H,14,15). The highest BCUT2D eigenvalue weighted by Gasteiger charge is 2.14. The third kappa shape index (κ3) is 2.88. The van der Waals surface area contributed by atoms with E-state index in [1.807, 2.05) is 12.1 Å². The lowest BCUT2D eigenvalue weighted by Gasteiger charge is -1.97. The van der Waals surface area contributed by atoms with Crippen LogP contribution in [-0.4, -0.2) is 16.1 Å². The van der Waals surface area contributed by atoms with Crippen molar-refractivity contribution in [2.45, 2.75) is 17.6 Å². The van der Waals surface area contributed by atoms with Crippen molar-refractivity contribution in [3.8, 4) is 0 Å². The first-order valence-electron chi connectivity index (χ1n) is 5.02. The largest absolute Gasteiger partial charge is 0.475 e. The molecule has 4 nitrogen and oxygen atoms in total. The van der Waals surface area contributed by atoms with Gasteiger partial charge in [-0.15, -0.1) is 11.8 Å². The number of aryl methyl sites for hydroxylation is 1. The Morgan fingerprint density at radius 3 is 2.76 bits per heavy atom. The maximum Gasteiger partial charge on any atom is 0.372 e. The van der Waals surface area contributed by atoms with Crippen LogP contribution < -0.4 is 0 Å². The average molecular weight is 249 g/mol. The van der Waals surface area contributed by atoms with Crippen molar-refractivity contribution in [3.05, 3.63) is 47.7 Å². The molecular weight excluding hydrogens is 238 g/mol. The number of thioether (sulfide) groups is 1. The van der Waals surface area contributed by atoms with Crippen molar-refractivity contribution in [3.63, 3.8) is 0 Å². The lowest BCUT2D eigenvalue weighted by Crippen LogP contribution is -1.94. The number of aromatic carboxylic acids is 1. The average Bonchev–Trinajstić information content (AvgIpc) is 2.69. The maximum atomic E-state index is 10.8. The predicted molar refractivity (Wildman–Crippen MR) is 64.2 cm³/mol. The lowest BCUT2D eigenvalue weighted by atomic mass is 10.3. The fraction of sp³-hybridized carbons (Fsp3) is 0.167. The van der Waals surface area contributed by atoms with E-state index in [1.165, 1.54) is 0 Å². The van der Waals surface area contributed by atoms with Crippen LogP contribution in [0.25, 0.3) is 0 Å². The van der Waals surface area contributed by atoms with Crippen LogP contribution in [0, 0.1) is 6.92 Å². The van der Waals surface area contributed by atoms with Crippen LogP contribution in [0.5, 0.6) is 0 Å². The summed E-state index contributed by atoms with van der Waals surface area (Å²) in [5.41, 5.74) is 0.655. The Labute approximate surface area is 103 Å². The molecule has 0 saturated carbocycles. The second-order valence-corrected chi connectivity index (χ2v) is 4.55. The van der Waals surface area contributed by atoms with Crippen molar-refractivity contribution in [1.29, 1.82) is 0 Å². The van der Waals surface area contributed by atoms with Gasteiger partial charge in [0, 0.05) is 22.9 Å². The molecule has 0 aliphatic heterocycles. The topological polar surface area (TPSA) is 63.3 Å². The van der Waals surface area contributed by atoms with E-state index in [4.69, 9.17) is 9.52 Å². The van der Waals surface area contributed by atoms with Crippen molar-refractivity contribution in [1.82, 2.24) is 4.98 Å². The van der Waals surface area contributed by atoms with E-state index in [0.29, 0.717) is 17.1 Å². The van der Waals surface area contributed by atoms with Gasteiger partial charge in [0.2, 0.25) is 5.76 Å². The molecule has 88 valence electrons. The number of carboxylic acids is 1. The van der Waals surface area contributed by atoms with Crippen molar-refractivity contribution >= 4 is 17.7 Å². The molecule has 2 aromatic heterocycles. The Morgan fingerprint density at radius 2 is 2.18 bits per heavy atom. The zero-order valence-electron chi connectivity index (χ0n) is 9.21. The minimum Gasteiger partial charge on any atom is -0.475 e. The zero-order valence-corrected chi connectivity index (χ0v) is 10.0. The predicted octanol–water partition coefficient (Wildman–Crippen LogP) is 2.97. The second-order valence-electron chi connectivity index (χ2n) is 3.50. The minimum absolute atomic E-state index is 0.0235. The minimum atomic E-state index is -1.03. The van der Waals surface area contributed by atoms with Crippen LogP contribution in [0.1, 0.15) is 21.9 Å². The summed E-state index contributed by atoms with van der Waals surface area (Å²) in [5, 5.41) is 8.86. The number of carbonyl (C=O) groups is 1. The zero-order chi connectivity index (χ0) is 12.3. The first-order chi connectivity index (χ1) is 8.16. The van der Waals surface area contributed by atoms with Gasteiger partial charge in [-0.25, -0.2) is 4.79 Å². The van der Waals surface area contributed by atoms with Gasteiger partial charge in [0.05, 0.1) is 5.75 Å². The number of nitrogens with zero attached hydrogens (tertiary/aromatic N) is 1. The molecule has 0 unspecified atom stereocenters. The van der Waals surface area contributed by atoms with E-state index in [1.54, 1.807) is 37.1 Å². The van der Waals surface area contributed by atoms with E-state index in [2.05, 4.69) is 4.98 Å². The van der Waals surface area contributed by atoms with E-state index in [9.17, 15) is 4.79 Å². The molecule has 0 atom stereocenters. The molecule has 0 aliphatic rings. The number of hydrogen-bond acceptors (Lipinski definition) is 4. The Balaban J connectivity index is 2.05. The molecule has 0 amide bonds. The number of carboxylic acid groups (broad SMARTS) is 1. The summed E-state index contributed by atoms with van der Waals surface area (Å²) >= 11 is 1.58. The van der Waals surface area contributed by atoms with Gasteiger partial charge in [-0.05, 0) is 25.1 Å². The van der Waals surface area contributed by atoms with Gasteiger partial charge in [0.25, 0.3) is 0 Å². The van der Waals surface area contributed by atoms with Crippen LogP contribution in [0.15, 0.2) is 39.9 Å². The van der Waals surface area contributed by atoms with Crippen LogP contribution in [0.2, 0.25) is 0 Å². The monoisotopic (exact) mass is 249 g/mol. The maximum absolute atomic E-state index is 10.8. The number of pyridine rings is 1. The van der Waals surface area contributed by atoms with E-state index >= 15 is 0 Å². The molecule has 0 spiro atoms. The third-order valence-corrected chi connectivity index (χ3v) is 3.23. The summed E-state index contributed by atoms with van der Waals surface area (Å²) < 4.78 is 5.26. The molecule has 5 heteroatoms. The first-order valence-corrected chi connectivity index (χ1v) is 6.01. The molecule has 0 saturated heterocycles. The number of furan rings is 1. The highest BCUT2D eigenvalue weighted by atomic mass is 32.2. The fourth-order valence-electron chi connectivity index (χ4n) is 1.42. The van der Waals surface area contributed by atoms with E-state index in [0.717, 1.165) is 4.90 Å². The Bertz CT molecular complexity index is 522. The molecule has 17 heavy (non-hydrogen) atoms. The Hall–Kier alpha value is -1.75. The van der Waals surface area contributed by atoms with E-state index < -0.39 is 5.97 Å². The molecule has 2 aromatic rings. The van der Waals surface area contributed by atoms with Crippen molar-refractivity contribution in [2.24, 2.45) is 0 Å². The van der Waals surface area contributed by atoms with Crippen LogP contribution in [0.4, 0.5) is 0 Å². The van der Waals surface area contributed by atoms with Crippen molar-refractivity contribution < 1.29 is 14.3 Å². The highest BCUT2D eigenvalue weighted by Crippen LogP contribution is 2.24.